The van der Waals surface area contributed by atoms with Gasteiger partial charge in [0.1, 0.15) is 0 Å². The van der Waals surface area contributed by atoms with Crippen LogP contribution < -0.4 is 0 Å². The van der Waals surface area contributed by atoms with E-state index in [0.717, 1.165) is 36.0 Å². The van der Waals surface area contributed by atoms with Crippen molar-refractivity contribution >= 4 is 49.9 Å². The van der Waals surface area contributed by atoms with Crippen LogP contribution >= 0.6 is 11.8 Å². The second-order valence-corrected chi connectivity index (χ2v) is 17.2. The molecule has 5 unspecified atom stereocenters. The van der Waals surface area contributed by atoms with Crippen molar-refractivity contribution in [1.29, 1.82) is 0 Å². The minimum Gasteiger partial charge on any atom is -0.252 e. The molecular formula is C51H40N2S. The zero-order chi connectivity index (χ0) is 35.3. The molecule has 3 heteroatoms. The smallest absolute Gasteiger partial charge is 0.0975 e. The molecule has 0 amide bonds. The molecule has 0 radical (unpaired) electrons. The fourth-order valence-corrected chi connectivity index (χ4v) is 12.2. The fourth-order valence-electron chi connectivity index (χ4n) is 10.9. The minimum atomic E-state index is 0.209. The molecule has 5 aliphatic carbocycles. The van der Waals surface area contributed by atoms with Crippen LogP contribution in [0.3, 0.4) is 0 Å². The Kier molecular flexibility index (Phi) is 6.99. The molecule has 2 heterocycles. The van der Waals surface area contributed by atoms with Gasteiger partial charge in [-0.2, -0.15) is 0 Å². The summed E-state index contributed by atoms with van der Waals surface area (Å²) < 4.78 is 0. The molecule has 1 fully saturated rings. The Morgan fingerprint density at radius 2 is 1.37 bits per heavy atom. The first-order chi connectivity index (χ1) is 26.8. The van der Waals surface area contributed by atoms with Crippen molar-refractivity contribution in [2.24, 2.45) is 0 Å². The normalized spacial score (nSPS) is 25.0. The summed E-state index contributed by atoms with van der Waals surface area (Å²) in [7, 11) is 0. The van der Waals surface area contributed by atoms with Gasteiger partial charge in [-0.15, -0.1) is 0 Å². The summed E-state index contributed by atoms with van der Waals surface area (Å²) in [6, 6.07) is 31.3. The Balaban J connectivity index is 0.862. The van der Waals surface area contributed by atoms with Gasteiger partial charge in [0.2, 0.25) is 0 Å². The third kappa shape index (κ3) is 4.67. The van der Waals surface area contributed by atoms with Gasteiger partial charge in [0.15, 0.2) is 0 Å². The van der Waals surface area contributed by atoms with Gasteiger partial charge in [-0.1, -0.05) is 139 Å². The number of hydrogen-bond acceptors (Lipinski definition) is 3. The van der Waals surface area contributed by atoms with E-state index in [2.05, 4.69) is 134 Å². The van der Waals surface area contributed by atoms with Gasteiger partial charge >= 0.3 is 0 Å². The molecule has 54 heavy (non-hydrogen) atoms. The lowest BCUT2D eigenvalue weighted by atomic mass is 9.76. The van der Waals surface area contributed by atoms with Gasteiger partial charge in [0.05, 0.1) is 16.7 Å². The lowest BCUT2D eigenvalue weighted by Gasteiger charge is -2.29. The van der Waals surface area contributed by atoms with Crippen molar-refractivity contribution in [2.45, 2.75) is 73.0 Å². The van der Waals surface area contributed by atoms with E-state index in [4.69, 9.17) is 9.97 Å². The van der Waals surface area contributed by atoms with Gasteiger partial charge in [0, 0.05) is 44.5 Å². The third-order valence-corrected chi connectivity index (χ3v) is 14.7. The van der Waals surface area contributed by atoms with E-state index in [1.54, 1.807) is 21.6 Å². The molecular weight excluding hydrogens is 673 g/mol. The maximum absolute atomic E-state index is 5.31. The molecule has 0 N–H and O–H groups in total. The third-order valence-electron chi connectivity index (χ3n) is 13.3. The Bertz CT molecular complexity index is 2760. The molecule has 0 saturated heterocycles. The summed E-state index contributed by atoms with van der Waals surface area (Å²) in [5, 5.41) is 4.82. The van der Waals surface area contributed by atoms with Crippen molar-refractivity contribution in [3.8, 4) is 0 Å². The van der Waals surface area contributed by atoms with E-state index in [1.165, 1.54) is 73.5 Å². The van der Waals surface area contributed by atoms with Crippen molar-refractivity contribution in [2.75, 3.05) is 0 Å². The number of thioether (sulfide) groups is 1. The van der Waals surface area contributed by atoms with E-state index in [1.807, 2.05) is 18.0 Å². The molecule has 1 aliphatic heterocycles. The number of rotatable bonds is 4. The highest BCUT2D eigenvalue weighted by Crippen LogP contribution is 2.60. The van der Waals surface area contributed by atoms with Crippen molar-refractivity contribution in [3.63, 3.8) is 0 Å². The number of aromatic nitrogens is 2. The summed E-state index contributed by atoms with van der Waals surface area (Å²) >= 11 is 2.03. The molecule has 1 aromatic heterocycles. The van der Waals surface area contributed by atoms with Crippen LogP contribution in [0.1, 0.15) is 102 Å². The van der Waals surface area contributed by atoms with Crippen LogP contribution in [0.15, 0.2) is 161 Å². The van der Waals surface area contributed by atoms with E-state index < -0.39 is 0 Å². The summed E-state index contributed by atoms with van der Waals surface area (Å²) in [4.78, 5) is 13.4. The summed E-state index contributed by atoms with van der Waals surface area (Å²) in [6.45, 7) is 0. The van der Waals surface area contributed by atoms with Crippen molar-refractivity contribution < 1.29 is 0 Å². The zero-order valence-corrected chi connectivity index (χ0v) is 31.0. The maximum Gasteiger partial charge on any atom is 0.0975 e. The summed E-state index contributed by atoms with van der Waals surface area (Å²) in [6.07, 6.45) is 28.5. The number of fused-ring (bicyclic) bond motifs is 14. The van der Waals surface area contributed by atoms with Crippen molar-refractivity contribution in [3.05, 3.63) is 189 Å². The standard InChI is InChI=1S/C51H40N2S/c1-3-14-41-37(11-1)38-12-2-4-15-42(38)50-49(41)52-29-45(53-50)31-21-19-30(20-22-31)32-9-7-10-33(27-32)36-25-26-40(48-35-24-23-34(28-35)47(36)48)44-17-8-16-43-39-13-5-6-18-46(39)54-51(43)44/h1-9,11-15,17-21,25-27,29,31,33-35,43H,10,16,22-24,28H2. The lowest BCUT2D eigenvalue weighted by Crippen LogP contribution is -2.11. The predicted molar refractivity (Wildman–Crippen MR) is 225 cm³/mol. The number of benzene rings is 5. The fraction of sp³-hybridized carbons (Fsp3) is 0.216. The first-order valence-electron chi connectivity index (χ1n) is 19.9. The molecule has 6 aliphatic rings. The SMILES string of the molecule is C1=CC(C2=CCC(c3cnc4c5ccccc5c5ccccc5c4n3)C=C2)=CC(c2ccc(C3=C4Sc5ccccc5C4CC=C3)c3c2C2CCC3C2)C1. The van der Waals surface area contributed by atoms with Gasteiger partial charge < -0.3 is 0 Å². The first kappa shape index (κ1) is 31.1. The van der Waals surface area contributed by atoms with Crippen LogP contribution in [0.5, 0.6) is 0 Å². The second-order valence-electron chi connectivity index (χ2n) is 16.2. The number of nitrogens with zero attached hydrogens (tertiary/aromatic N) is 2. The molecule has 2 nitrogen and oxygen atoms in total. The van der Waals surface area contributed by atoms with Gasteiger partial charge in [-0.05, 0) is 112 Å². The van der Waals surface area contributed by atoms with E-state index >= 15 is 0 Å². The number of hydrogen-bond donors (Lipinski definition) is 0. The summed E-state index contributed by atoms with van der Waals surface area (Å²) in [5.74, 6) is 2.54. The van der Waals surface area contributed by atoms with Crippen LogP contribution in [-0.4, -0.2) is 9.97 Å². The highest BCUT2D eigenvalue weighted by atomic mass is 32.2. The van der Waals surface area contributed by atoms with Gasteiger partial charge in [0.25, 0.3) is 0 Å². The van der Waals surface area contributed by atoms with Gasteiger partial charge in [-0.3, -0.25) is 4.98 Å². The lowest BCUT2D eigenvalue weighted by molar-refractivity contribution is 0.696. The Labute approximate surface area is 320 Å². The average molecular weight is 713 g/mol. The highest BCUT2D eigenvalue weighted by Gasteiger charge is 2.42. The highest BCUT2D eigenvalue weighted by molar-refractivity contribution is 8.03. The minimum absolute atomic E-state index is 0.209. The zero-order valence-electron chi connectivity index (χ0n) is 30.2. The number of allylic oxidation sites excluding steroid dienone is 12. The Morgan fingerprint density at radius 1 is 0.611 bits per heavy atom. The molecule has 5 atom stereocenters. The maximum atomic E-state index is 5.31. The molecule has 260 valence electrons. The Morgan fingerprint density at radius 3 is 2.20 bits per heavy atom. The molecule has 6 aromatic rings. The molecule has 5 aromatic carbocycles. The molecule has 12 rings (SSSR count). The van der Waals surface area contributed by atoms with Crippen molar-refractivity contribution in [1.82, 2.24) is 9.97 Å². The van der Waals surface area contributed by atoms with Crippen LogP contribution in [0.2, 0.25) is 0 Å². The van der Waals surface area contributed by atoms with Crippen LogP contribution in [0.4, 0.5) is 0 Å². The Hall–Kier alpha value is -5.25. The molecule has 0 spiro atoms. The van der Waals surface area contributed by atoms with E-state index in [0.29, 0.717) is 23.7 Å². The summed E-state index contributed by atoms with van der Waals surface area (Å²) in [5.41, 5.74) is 15.2. The first-order valence-corrected chi connectivity index (χ1v) is 20.8. The second kappa shape index (κ2) is 12.1. The molecule has 2 bridgehead atoms. The molecule has 1 saturated carbocycles. The largest absolute Gasteiger partial charge is 0.252 e. The van der Waals surface area contributed by atoms with Gasteiger partial charge in [-0.25, -0.2) is 4.98 Å². The van der Waals surface area contributed by atoms with Crippen LogP contribution in [-0.2, 0) is 0 Å². The van der Waals surface area contributed by atoms with E-state index in [9.17, 15) is 0 Å². The van der Waals surface area contributed by atoms with Crippen LogP contribution in [0, 0.1) is 0 Å². The van der Waals surface area contributed by atoms with Crippen LogP contribution in [0.25, 0.3) is 38.2 Å². The monoisotopic (exact) mass is 712 g/mol. The quantitative estimate of drug-likeness (QED) is 0.170. The predicted octanol–water partition coefficient (Wildman–Crippen LogP) is 13.5. The average Bonchev–Trinajstić information content (AvgIpc) is 3.98. The van der Waals surface area contributed by atoms with E-state index in [-0.39, 0.29) is 5.92 Å². The topological polar surface area (TPSA) is 25.8 Å².